The van der Waals surface area contributed by atoms with Crippen LogP contribution in [0, 0.1) is 10.1 Å². The van der Waals surface area contributed by atoms with E-state index >= 15 is 0 Å². The van der Waals surface area contributed by atoms with Crippen molar-refractivity contribution in [2.24, 2.45) is 0 Å². The number of nitro benzene ring substituents is 1. The topological polar surface area (TPSA) is 98.5 Å². The van der Waals surface area contributed by atoms with E-state index in [4.69, 9.17) is 4.74 Å². The maximum Gasteiger partial charge on any atom is 0.273 e. The molecule has 0 aromatic heterocycles. The van der Waals surface area contributed by atoms with Crippen molar-refractivity contribution in [1.29, 1.82) is 0 Å². The zero-order chi connectivity index (χ0) is 20.0. The van der Waals surface area contributed by atoms with E-state index in [9.17, 15) is 18.5 Å². The molecule has 0 aliphatic carbocycles. The number of nitrogens with zero attached hydrogens (tertiary/aromatic N) is 2. The molecule has 1 N–H and O–H groups in total. The lowest BCUT2D eigenvalue weighted by molar-refractivity contribution is -0.849. The molecule has 9 heteroatoms. The number of hydrogen-bond donors (Lipinski definition) is 1. The van der Waals surface area contributed by atoms with Gasteiger partial charge in [-0.1, -0.05) is 18.2 Å². The lowest BCUT2D eigenvalue weighted by Gasteiger charge is -2.14. The molecule has 2 rings (SSSR count). The summed E-state index contributed by atoms with van der Waals surface area (Å²) in [6.07, 6.45) is 0.987. The number of anilines is 1. The second-order valence-electron chi connectivity index (χ2n) is 6.91. The van der Waals surface area contributed by atoms with Crippen LogP contribution in [-0.2, 0) is 10.0 Å². The first kappa shape index (κ1) is 21.4. The molecule has 0 spiro atoms. The molecule has 0 aliphatic heterocycles. The van der Waals surface area contributed by atoms with E-state index in [1.54, 1.807) is 30.3 Å². The third kappa shape index (κ3) is 9.00. The number of quaternary nitrogens is 1. The lowest BCUT2D eigenvalue weighted by Crippen LogP contribution is -2.27. The Morgan fingerprint density at radius 2 is 1.58 bits per heavy atom. The van der Waals surface area contributed by atoms with Crippen molar-refractivity contribution in [3.63, 3.8) is 0 Å². The van der Waals surface area contributed by atoms with Crippen LogP contribution in [-0.4, -0.2) is 52.3 Å². The first-order chi connectivity index (χ1) is 11.8. The average Bonchev–Trinajstić information content (AvgIpc) is 2.47. The Morgan fingerprint density at radius 3 is 2.04 bits per heavy atom. The fraction of sp³-hybridized carbons (Fsp3) is 0.294. The minimum Gasteiger partial charge on any atom is -0.455 e. The van der Waals surface area contributed by atoms with Gasteiger partial charge in [-0.2, -0.15) is 0 Å². The van der Waals surface area contributed by atoms with Crippen LogP contribution in [0.25, 0.3) is 0 Å². The highest BCUT2D eigenvalue weighted by molar-refractivity contribution is 7.92. The number of benzene rings is 2. The molecule has 0 aliphatic rings. The van der Waals surface area contributed by atoms with E-state index in [0.717, 1.165) is 10.7 Å². The van der Waals surface area contributed by atoms with E-state index in [0.29, 0.717) is 5.75 Å². The number of nitrogens with one attached hydrogen (secondary N) is 1. The maximum atomic E-state index is 11.3. The smallest absolute Gasteiger partial charge is 0.273 e. The predicted octanol–water partition coefficient (Wildman–Crippen LogP) is 3.08. The number of para-hydroxylation sites is 1. The molecule has 2 aromatic rings. The van der Waals surface area contributed by atoms with Gasteiger partial charge >= 0.3 is 0 Å². The summed E-state index contributed by atoms with van der Waals surface area (Å²) in [5.41, 5.74) is -0.0630. The van der Waals surface area contributed by atoms with Gasteiger partial charge in [0.2, 0.25) is 10.0 Å². The summed E-state index contributed by atoms with van der Waals surface area (Å²) in [6, 6.07) is 12.2. The van der Waals surface area contributed by atoms with Crippen molar-refractivity contribution in [2.45, 2.75) is 0 Å². The summed E-state index contributed by atoms with van der Waals surface area (Å²) in [7, 11) is 4.98. The van der Waals surface area contributed by atoms with Crippen molar-refractivity contribution in [3.05, 3.63) is 58.6 Å². The van der Waals surface area contributed by atoms with E-state index < -0.39 is 14.9 Å². The van der Waals surface area contributed by atoms with Crippen LogP contribution in [0.2, 0.25) is 0 Å². The average molecular weight is 382 g/mol. The first-order valence-corrected chi connectivity index (χ1v) is 9.52. The summed E-state index contributed by atoms with van der Waals surface area (Å²) >= 11 is 0. The van der Waals surface area contributed by atoms with E-state index in [1.165, 1.54) is 18.2 Å². The second-order valence-corrected chi connectivity index (χ2v) is 8.66. The second kappa shape index (κ2) is 8.63. The molecular formula is C17H24N3O5S+. The number of nitro groups is 1. The Morgan fingerprint density at radius 1 is 1.04 bits per heavy atom. The monoisotopic (exact) mass is 382 g/mol. The molecule has 0 radical (unpaired) electrons. The number of sulfonamides is 1. The lowest BCUT2D eigenvalue weighted by atomic mass is 10.2. The highest BCUT2D eigenvalue weighted by Crippen LogP contribution is 2.33. The van der Waals surface area contributed by atoms with Crippen molar-refractivity contribution in [1.82, 2.24) is 0 Å². The van der Waals surface area contributed by atoms with Gasteiger partial charge in [0, 0.05) is 6.07 Å². The summed E-state index contributed by atoms with van der Waals surface area (Å²) in [4.78, 5) is 10.2. The van der Waals surface area contributed by atoms with Crippen molar-refractivity contribution in [3.8, 4) is 11.5 Å². The molecule has 142 valence electrons. The van der Waals surface area contributed by atoms with Gasteiger partial charge in [0.05, 0.1) is 51.1 Å². The quantitative estimate of drug-likeness (QED) is 0.487. The molecule has 0 saturated heterocycles. The Labute approximate surface area is 153 Å². The van der Waals surface area contributed by atoms with Crippen molar-refractivity contribution < 1.29 is 22.6 Å². The van der Waals surface area contributed by atoms with E-state index in [-0.39, 0.29) is 17.1 Å². The molecule has 0 saturated carbocycles. The normalized spacial score (nSPS) is 11.1. The summed E-state index contributed by atoms with van der Waals surface area (Å²) in [6.45, 7) is 0. The number of ether oxygens (including phenoxy) is 1. The molecule has 0 fully saturated rings. The zero-order valence-corrected chi connectivity index (χ0v) is 16.3. The number of rotatable bonds is 5. The van der Waals surface area contributed by atoms with E-state index in [2.05, 4.69) is 32.9 Å². The minimum atomic E-state index is -3.52. The fourth-order valence-corrected chi connectivity index (χ4v) is 2.18. The van der Waals surface area contributed by atoms with Crippen molar-refractivity contribution in [2.75, 3.05) is 39.2 Å². The number of non-ortho nitro benzene ring substituents is 1. The first-order valence-electron chi connectivity index (χ1n) is 7.63. The highest BCUT2D eigenvalue weighted by atomic mass is 32.2. The standard InChI is InChI=1S/C13H12N2O5S.C4H12N/c1-21(18,19)14-12-8-7-10(15(16)17)9-13(12)20-11-5-3-2-4-6-11;1-5(2,3)4/h2-9,14H,1H3;1-4H3/q;+1. The molecule has 0 heterocycles. The van der Waals surface area contributed by atoms with Crippen LogP contribution in [0.3, 0.4) is 0 Å². The molecule has 0 bridgehead atoms. The fourth-order valence-electron chi connectivity index (χ4n) is 1.61. The van der Waals surface area contributed by atoms with Gasteiger partial charge in [-0.15, -0.1) is 0 Å². The van der Waals surface area contributed by atoms with Gasteiger partial charge in [0.25, 0.3) is 5.69 Å². The minimum absolute atomic E-state index is 0.0563. The van der Waals surface area contributed by atoms with Crippen molar-refractivity contribution >= 4 is 21.4 Å². The van der Waals surface area contributed by atoms with Crippen LogP contribution >= 0.6 is 0 Å². The zero-order valence-electron chi connectivity index (χ0n) is 15.5. The summed E-state index contributed by atoms with van der Waals surface area (Å²) in [5, 5.41) is 10.8. The Hall–Kier alpha value is -2.65. The van der Waals surface area contributed by atoms with Gasteiger partial charge in [-0.05, 0) is 18.2 Å². The van der Waals surface area contributed by atoms with Crippen LogP contribution in [0.5, 0.6) is 11.5 Å². The number of hydrogen-bond acceptors (Lipinski definition) is 5. The molecule has 8 nitrogen and oxygen atoms in total. The Kier molecular flexibility index (Phi) is 7.10. The summed E-state index contributed by atoms with van der Waals surface area (Å²) < 4.78 is 31.4. The molecule has 0 amide bonds. The molecule has 0 unspecified atom stereocenters. The molecular weight excluding hydrogens is 358 g/mol. The third-order valence-corrected chi connectivity index (χ3v) is 3.03. The highest BCUT2D eigenvalue weighted by Gasteiger charge is 2.15. The van der Waals surface area contributed by atoms with Crippen LogP contribution in [0.4, 0.5) is 11.4 Å². The van der Waals surface area contributed by atoms with Gasteiger partial charge in [0.15, 0.2) is 5.75 Å². The van der Waals surface area contributed by atoms with Gasteiger partial charge in [0.1, 0.15) is 5.75 Å². The van der Waals surface area contributed by atoms with Gasteiger partial charge in [-0.25, -0.2) is 8.42 Å². The molecule has 0 atom stereocenters. The molecule has 2 aromatic carbocycles. The predicted molar refractivity (Wildman–Crippen MR) is 102 cm³/mol. The largest absolute Gasteiger partial charge is 0.455 e. The Bertz CT molecular complexity index is 840. The SMILES string of the molecule is CS(=O)(=O)Nc1ccc([N+](=O)[O-])cc1Oc1ccccc1.C[N+](C)(C)C. The van der Waals surface area contributed by atoms with Gasteiger partial charge < -0.3 is 9.22 Å². The van der Waals surface area contributed by atoms with Crippen LogP contribution in [0.15, 0.2) is 48.5 Å². The summed E-state index contributed by atoms with van der Waals surface area (Å²) in [5.74, 6) is 0.496. The van der Waals surface area contributed by atoms with E-state index in [1.807, 2.05) is 0 Å². The van der Waals surface area contributed by atoms with Gasteiger partial charge in [-0.3, -0.25) is 14.8 Å². The van der Waals surface area contributed by atoms with Crippen LogP contribution in [0.1, 0.15) is 0 Å². The maximum absolute atomic E-state index is 11.3. The third-order valence-electron chi connectivity index (χ3n) is 2.44. The Balaban J connectivity index is 0.000000597. The molecule has 26 heavy (non-hydrogen) atoms. The van der Waals surface area contributed by atoms with Crippen LogP contribution < -0.4 is 9.46 Å².